The van der Waals surface area contributed by atoms with Gasteiger partial charge in [-0.3, -0.25) is 4.79 Å². The second-order valence-electron chi connectivity index (χ2n) is 4.45. The third-order valence-corrected chi connectivity index (χ3v) is 3.74. The molecule has 0 heterocycles. The van der Waals surface area contributed by atoms with Crippen molar-refractivity contribution in [2.75, 3.05) is 0 Å². The largest absolute Gasteiger partial charge is 0.482 e. The summed E-state index contributed by atoms with van der Waals surface area (Å²) in [7, 11) is 0. The number of carbonyl (C=O) groups is 1. The van der Waals surface area contributed by atoms with Crippen LogP contribution in [0.4, 0.5) is 4.39 Å². The van der Waals surface area contributed by atoms with Crippen LogP contribution in [0, 0.1) is 12.7 Å². The minimum atomic E-state index is -0.591. The lowest BCUT2D eigenvalue weighted by Gasteiger charge is -2.13. The molecule has 0 fully saturated rings. The summed E-state index contributed by atoms with van der Waals surface area (Å²) >= 11 is 1.14. The van der Waals surface area contributed by atoms with Gasteiger partial charge in [-0.15, -0.1) is 0 Å². The van der Waals surface area contributed by atoms with E-state index in [-0.39, 0.29) is 10.9 Å². The fourth-order valence-corrected chi connectivity index (χ4v) is 2.29. The summed E-state index contributed by atoms with van der Waals surface area (Å²) in [5.74, 6) is 0.155. The Hall–Kier alpha value is -1.81. The Morgan fingerprint density at radius 3 is 2.30 bits per heavy atom. The van der Waals surface area contributed by atoms with E-state index in [1.807, 2.05) is 31.2 Å². The minimum Gasteiger partial charge on any atom is -0.482 e. The molecule has 0 unspecified atom stereocenters. The number of aryl methyl sites for hydroxylation is 1. The summed E-state index contributed by atoms with van der Waals surface area (Å²) < 4.78 is 18.3. The standard InChI is InChI=1S/C16H15FO2S/c1-11-3-9-15(10-4-11)20-16(18)12(2)19-14-7-5-13(17)6-8-14/h3-10,12H,1-2H3/t12-/m1/s1. The highest BCUT2D eigenvalue weighted by molar-refractivity contribution is 8.13. The molecule has 0 amide bonds. The van der Waals surface area contributed by atoms with Gasteiger partial charge in [0.1, 0.15) is 11.6 Å². The molecule has 2 nitrogen and oxygen atoms in total. The van der Waals surface area contributed by atoms with E-state index >= 15 is 0 Å². The van der Waals surface area contributed by atoms with Crippen LogP contribution in [0.1, 0.15) is 12.5 Å². The highest BCUT2D eigenvalue weighted by Crippen LogP contribution is 2.22. The molecule has 0 radical (unpaired) electrons. The Labute approximate surface area is 122 Å². The average molecular weight is 290 g/mol. The van der Waals surface area contributed by atoms with Crippen molar-refractivity contribution in [1.29, 1.82) is 0 Å². The molecule has 2 rings (SSSR count). The van der Waals surface area contributed by atoms with Crippen molar-refractivity contribution in [1.82, 2.24) is 0 Å². The van der Waals surface area contributed by atoms with Gasteiger partial charge in [-0.05, 0) is 62.0 Å². The maximum absolute atomic E-state index is 12.8. The molecule has 20 heavy (non-hydrogen) atoms. The zero-order valence-electron chi connectivity index (χ0n) is 11.3. The molecule has 2 aromatic rings. The molecule has 0 aliphatic carbocycles. The van der Waals surface area contributed by atoms with Gasteiger partial charge in [-0.2, -0.15) is 0 Å². The summed E-state index contributed by atoms with van der Waals surface area (Å²) in [6.07, 6.45) is -0.591. The van der Waals surface area contributed by atoms with Crippen molar-refractivity contribution < 1.29 is 13.9 Å². The third kappa shape index (κ3) is 4.10. The molecule has 0 bridgehead atoms. The number of rotatable bonds is 4. The number of hydrogen-bond donors (Lipinski definition) is 0. The summed E-state index contributed by atoms with van der Waals surface area (Å²) in [5.41, 5.74) is 1.15. The average Bonchev–Trinajstić information content (AvgIpc) is 2.44. The van der Waals surface area contributed by atoms with Crippen molar-refractivity contribution in [2.24, 2.45) is 0 Å². The normalized spacial score (nSPS) is 11.9. The van der Waals surface area contributed by atoms with Crippen molar-refractivity contribution >= 4 is 16.9 Å². The number of halogens is 1. The maximum Gasteiger partial charge on any atom is 0.233 e. The molecule has 0 saturated heterocycles. The first-order chi connectivity index (χ1) is 9.54. The SMILES string of the molecule is Cc1ccc(SC(=O)[C@@H](C)Oc2ccc(F)cc2)cc1. The first kappa shape index (κ1) is 14.6. The Bertz CT molecular complexity index is 578. The van der Waals surface area contributed by atoms with Crippen molar-refractivity contribution in [3.63, 3.8) is 0 Å². The number of benzene rings is 2. The van der Waals surface area contributed by atoms with Crippen LogP contribution in [0.25, 0.3) is 0 Å². The van der Waals surface area contributed by atoms with Crippen molar-refractivity contribution in [3.8, 4) is 5.75 Å². The molecule has 0 aliphatic heterocycles. The lowest BCUT2D eigenvalue weighted by atomic mass is 10.2. The van der Waals surface area contributed by atoms with Crippen LogP contribution >= 0.6 is 11.8 Å². The fourth-order valence-electron chi connectivity index (χ4n) is 1.57. The minimum absolute atomic E-state index is 0.0850. The molecule has 104 valence electrons. The van der Waals surface area contributed by atoms with Gasteiger partial charge in [0.05, 0.1) is 0 Å². The lowest BCUT2D eigenvalue weighted by molar-refractivity contribution is -0.116. The van der Waals surface area contributed by atoms with E-state index in [1.165, 1.54) is 24.3 Å². The van der Waals surface area contributed by atoms with E-state index in [0.29, 0.717) is 5.75 Å². The molecular formula is C16H15FO2S. The third-order valence-electron chi connectivity index (χ3n) is 2.70. The molecule has 4 heteroatoms. The second kappa shape index (κ2) is 6.57. The molecule has 0 aromatic heterocycles. The van der Waals surface area contributed by atoms with Gasteiger partial charge in [0, 0.05) is 4.90 Å². The number of thioether (sulfide) groups is 1. The Kier molecular flexibility index (Phi) is 4.79. The Morgan fingerprint density at radius 1 is 1.10 bits per heavy atom. The molecule has 0 aliphatic rings. The topological polar surface area (TPSA) is 26.3 Å². The quantitative estimate of drug-likeness (QED) is 0.789. The van der Waals surface area contributed by atoms with Crippen LogP contribution in [-0.4, -0.2) is 11.2 Å². The first-order valence-corrected chi connectivity index (χ1v) is 7.07. The number of ether oxygens (including phenoxy) is 1. The van der Waals surface area contributed by atoms with E-state index in [1.54, 1.807) is 6.92 Å². The second-order valence-corrected chi connectivity index (χ2v) is 5.53. The Balaban J connectivity index is 1.94. The highest BCUT2D eigenvalue weighted by atomic mass is 32.2. The van der Waals surface area contributed by atoms with E-state index < -0.39 is 6.10 Å². The molecule has 1 atom stereocenters. The molecule has 0 saturated carbocycles. The predicted octanol–water partition coefficient (Wildman–Crippen LogP) is 4.22. The van der Waals surface area contributed by atoms with E-state index in [4.69, 9.17) is 4.74 Å². The molecule has 2 aromatic carbocycles. The van der Waals surface area contributed by atoms with E-state index in [0.717, 1.165) is 22.2 Å². The van der Waals surface area contributed by atoms with E-state index in [2.05, 4.69) is 0 Å². The molecular weight excluding hydrogens is 275 g/mol. The summed E-state index contributed by atoms with van der Waals surface area (Å²) in [6, 6.07) is 13.4. The van der Waals surface area contributed by atoms with Crippen LogP contribution in [0.3, 0.4) is 0 Å². The van der Waals surface area contributed by atoms with Crippen LogP contribution in [-0.2, 0) is 4.79 Å². The number of hydrogen-bond acceptors (Lipinski definition) is 3. The van der Waals surface area contributed by atoms with Gasteiger partial charge in [0.2, 0.25) is 5.12 Å². The van der Waals surface area contributed by atoms with Crippen LogP contribution in [0.2, 0.25) is 0 Å². The van der Waals surface area contributed by atoms with Gasteiger partial charge in [0.25, 0.3) is 0 Å². The monoisotopic (exact) mass is 290 g/mol. The van der Waals surface area contributed by atoms with Gasteiger partial charge < -0.3 is 4.74 Å². The van der Waals surface area contributed by atoms with Crippen molar-refractivity contribution in [2.45, 2.75) is 24.8 Å². The van der Waals surface area contributed by atoms with Crippen LogP contribution in [0.15, 0.2) is 53.4 Å². The van der Waals surface area contributed by atoms with Gasteiger partial charge in [-0.25, -0.2) is 4.39 Å². The summed E-state index contributed by atoms with van der Waals surface area (Å²) in [5, 5.41) is -0.0850. The van der Waals surface area contributed by atoms with Crippen molar-refractivity contribution in [3.05, 3.63) is 59.9 Å². The molecule has 0 spiro atoms. The van der Waals surface area contributed by atoms with Gasteiger partial charge in [0.15, 0.2) is 6.10 Å². The summed E-state index contributed by atoms with van der Waals surface area (Å²) in [4.78, 5) is 12.9. The zero-order chi connectivity index (χ0) is 14.5. The predicted molar refractivity (Wildman–Crippen MR) is 78.5 cm³/mol. The van der Waals surface area contributed by atoms with Crippen LogP contribution < -0.4 is 4.74 Å². The highest BCUT2D eigenvalue weighted by Gasteiger charge is 2.16. The fraction of sp³-hybridized carbons (Fsp3) is 0.188. The number of carbonyl (C=O) groups excluding carboxylic acids is 1. The first-order valence-electron chi connectivity index (χ1n) is 6.25. The maximum atomic E-state index is 12.8. The summed E-state index contributed by atoms with van der Waals surface area (Å²) in [6.45, 7) is 3.68. The van der Waals surface area contributed by atoms with Crippen LogP contribution in [0.5, 0.6) is 5.75 Å². The zero-order valence-corrected chi connectivity index (χ0v) is 12.1. The Morgan fingerprint density at radius 2 is 1.70 bits per heavy atom. The smallest absolute Gasteiger partial charge is 0.233 e. The van der Waals surface area contributed by atoms with E-state index in [9.17, 15) is 9.18 Å². The van der Waals surface area contributed by atoms with Gasteiger partial charge in [-0.1, -0.05) is 17.7 Å². The van der Waals surface area contributed by atoms with Gasteiger partial charge >= 0.3 is 0 Å². The molecule has 0 N–H and O–H groups in total. The lowest BCUT2D eigenvalue weighted by Crippen LogP contribution is -2.20.